The number of benzene rings is 3. The van der Waals surface area contributed by atoms with E-state index in [1.807, 2.05) is 68.4 Å². The average molecular weight is 648 g/mol. The summed E-state index contributed by atoms with van der Waals surface area (Å²) < 4.78 is 12.4. The Morgan fingerprint density at radius 1 is 1.05 bits per heavy atom. The maximum absolute atomic E-state index is 13.7. The highest BCUT2D eigenvalue weighted by molar-refractivity contribution is 8.00. The quantitative estimate of drug-likeness (QED) is 0.0889. The number of aliphatic hydroxyl groups is 1. The van der Waals surface area contributed by atoms with E-state index in [1.54, 1.807) is 24.3 Å². The van der Waals surface area contributed by atoms with Crippen LogP contribution >= 0.6 is 34.7 Å². The number of hydrogen-bond acceptors (Lipinski definition) is 9. The minimum absolute atomic E-state index is 0.0579. The van der Waals surface area contributed by atoms with Gasteiger partial charge in [-0.2, -0.15) is 0 Å². The van der Waals surface area contributed by atoms with Gasteiger partial charge in [0.2, 0.25) is 5.13 Å². The zero-order valence-electron chi connectivity index (χ0n) is 24.1. The van der Waals surface area contributed by atoms with E-state index in [4.69, 9.17) is 21.1 Å². The fraction of sp³-hybridized carbons (Fsp3) is 0.212. The molecule has 1 atom stereocenters. The summed E-state index contributed by atoms with van der Waals surface area (Å²) in [7, 11) is 0. The van der Waals surface area contributed by atoms with Gasteiger partial charge in [-0.25, -0.2) is 0 Å². The molecular weight excluding hydrogens is 618 g/mol. The van der Waals surface area contributed by atoms with E-state index in [0.717, 1.165) is 17.5 Å². The van der Waals surface area contributed by atoms with Gasteiger partial charge in [-0.3, -0.25) is 14.5 Å². The molecule has 1 aromatic heterocycles. The van der Waals surface area contributed by atoms with Crippen molar-refractivity contribution in [3.63, 3.8) is 0 Å². The molecule has 0 radical (unpaired) electrons. The Bertz CT molecular complexity index is 1690. The number of allylic oxidation sites excluding steroid dienone is 1. The van der Waals surface area contributed by atoms with Gasteiger partial charge in [-0.05, 0) is 60.4 Å². The van der Waals surface area contributed by atoms with Crippen molar-refractivity contribution in [3.05, 3.63) is 112 Å². The number of ether oxygens (including phenoxy) is 2. The number of ketones is 1. The lowest BCUT2D eigenvalue weighted by molar-refractivity contribution is -0.117. The van der Waals surface area contributed by atoms with Crippen molar-refractivity contribution in [2.45, 2.75) is 36.4 Å². The van der Waals surface area contributed by atoms with Crippen LogP contribution in [0.3, 0.4) is 0 Å². The van der Waals surface area contributed by atoms with Gasteiger partial charge >= 0.3 is 0 Å². The van der Waals surface area contributed by atoms with E-state index in [1.165, 1.54) is 34.1 Å². The second-order valence-corrected chi connectivity index (χ2v) is 12.3. The second kappa shape index (κ2) is 14.6. The molecule has 1 N–H and O–H groups in total. The third kappa shape index (κ3) is 7.15. The number of aliphatic hydroxyl groups excluding tert-OH is 1. The predicted molar refractivity (Wildman–Crippen MR) is 175 cm³/mol. The van der Waals surface area contributed by atoms with Gasteiger partial charge in [0.05, 0.1) is 24.8 Å². The van der Waals surface area contributed by atoms with Crippen LogP contribution in [0.15, 0.2) is 94.5 Å². The Balaban J connectivity index is 1.51. The van der Waals surface area contributed by atoms with E-state index < -0.39 is 23.5 Å². The van der Waals surface area contributed by atoms with E-state index in [0.29, 0.717) is 45.4 Å². The molecule has 0 saturated heterocycles. The maximum atomic E-state index is 13.7. The van der Waals surface area contributed by atoms with Gasteiger partial charge < -0.3 is 14.6 Å². The summed E-state index contributed by atoms with van der Waals surface area (Å²) in [5.41, 5.74) is 2.35. The van der Waals surface area contributed by atoms with Crippen molar-refractivity contribution < 1.29 is 24.2 Å². The van der Waals surface area contributed by atoms with Crippen molar-refractivity contribution in [3.8, 4) is 11.5 Å². The number of carbonyl (C=O) groups is 2. The van der Waals surface area contributed by atoms with Gasteiger partial charge in [0.15, 0.2) is 27.4 Å². The number of aromatic nitrogens is 2. The number of thioether (sulfide) groups is 1. The highest BCUT2D eigenvalue weighted by Crippen LogP contribution is 2.45. The molecule has 5 rings (SSSR count). The normalized spacial score (nSPS) is 14.9. The summed E-state index contributed by atoms with van der Waals surface area (Å²) in [6.45, 7) is 4.76. The minimum atomic E-state index is -0.975. The molecule has 0 fully saturated rings. The highest BCUT2D eigenvalue weighted by Gasteiger charge is 2.45. The Labute approximate surface area is 269 Å². The van der Waals surface area contributed by atoms with E-state index in [2.05, 4.69) is 10.2 Å². The van der Waals surface area contributed by atoms with Crippen LogP contribution in [-0.4, -0.2) is 40.2 Å². The number of rotatable bonds is 13. The van der Waals surface area contributed by atoms with Gasteiger partial charge in [0.25, 0.3) is 5.91 Å². The summed E-state index contributed by atoms with van der Waals surface area (Å²) >= 11 is 8.67. The summed E-state index contributed by atoms with van der Waals surface area (Å²) in [5.74, 6) is -0.222. The Morgan fingerprint density at radius 2 is 1.82 bits per heavy atom. The predicted octanol–water partition coefficient (Wildman–Crippen LogP) is 7.85. The molecule has 1 aliphatic heterocycles. The number of nitrogens with zero attached hydrogens (tertiary/aromatic N) is 3. The molecule has 2 heterocycles. The molecule has 0 bridgehead atoms. The van der Waals surface area contributed by atoms with Gasteiger partial charge in [-0.1, -0.05) is 96.2 Å². The second-order valence-electron chi connectivity index (χ2n) is 9.70. The van der Waals surface area contributed by atoms with Crippen LogP contribution < -0.4 is 14.4 Å². The molecule has 1 aliphatic rings. The Hall–Kier alpha value is -4.12. The van der Waals surface area contributed by atoms with E-state index in [9.17, 15) is 14.7 Å². The van der Waals surface area contributed by atoms with Gasteiger partial charge in [0, 0.05) is 10.8 Å². The van der Waals surface area contributed by atoms with Crippen molar-refractivity contribution in [1.82, 2.24) is 10.2 Å². The van der Waals surface area contributed by atoms with Gasteiger partial charge in [0.1, 0.15) is 0 Å². The van der Waals surface area contributed by atoms with Crippen molar-refractivity contribution >= 4 is 57.6 Å². The lowest BCUT2D eigenvalue weighted by Crippen LogP contribution is -2.31. The summed E-state index contributed by atoms with van der Waals surface area (Å²) in [4.78, 5) is 28.6. The maximum Gasteiger partial charge on any atom is 0.296 e. The first kappa shape index (κ1) is 31.3. The SMILES string of the molecule is CCCOc1ccc(C2C(C(=O)/C=C/c3ccccc3)=C(O)C(=O)N2c2nnc(SCc3ccc(Cl)cc3)s2)cc1OCC. The number of amides is 1. The molecule has 4 aromatic rings. The monoisotopic (exact) mass is 647 g/mol. The molecule has 0 aliphatic carbocycles. The molecule has 11 heteroatoms. The van der Waals surface area contributed by atoms with Crippen LogP contribution in [0.5, 0.6) is 11.5 Å². The summed E-state index contributed by atoms with van der Waals surface area (Å²) in [6, 6.07) is 21.1. The van der Waals surface area contributed by atoms with Crippen LogP contribution in [0, 0.1) is 0 Å². The third-order valence-corrected chi connectivity index (χ3v) is 9.00. The highest BCUT2D eigenvalue weighted by atomic mass is 35.5. The smallest absolute Gasteiger partial charge is 0.296 e. The molecule has 3 aromatic carbocycles. The largest absolute Gasteiger partial charge is 0.503 e. The van der Waals surface area contributed by atoms with Crippen LogP contribution in [0.25, 0.3) is 6.08 Å². The molecular formula is C33H30ClN3O5S2. The minimum Gasteiger partial charge on any atom is -0.503 e. The zero-order chi connectivity index (χ0) is 31.1. The lowest BCUT2D eigenvalue weighted by Gasteiger charge is -2.24. The summed E-state index contributed by atoms with van der Waals surface area (Å²) in [5, 5.41) is 20.6. The van der Waals surface area contributed by atoms with E-state index >= 15 is 0 Å². The van der Waals surface area contributed by atoms with Crippen LogP contribution in [0.2, 0.25) is 5.02 Å². The zero-order valence-corrected chi connectivity index (χ0v) is 26.5. The first-order valence-corrected chi connectivity index (χ1v) is 16.2. The third-order valence-electron chi connectivity index (χ3n) is 6.62. The van der Waals surface area contributed by atoms with Crippen molar-refractivity contribution in [2.75, 3.05) is 18.1 Å². The number of carbonyl (C=O) groups excluding carboxylic acids is 2. The molecule has 226 valence electrons. The Kier molecular flexibility index (Phi) is 10.4. The number of hydrogen-bond donors (Lipinski definition) is 1. The molecule has 8 nitrogen and oxygen atoms in total. The standard InChI is InChI=1S/C33H30ClN3O5S2/c1-3-18-42-26-17-13-23(19-27(26)41-4-2)29-28(25(38)16-12-21-8-6-5-7-9-21)30(39)31(40)37(29)32-35-36-33(44-32)43-20-22-10-14-24(34)15-11-22/h5-17,19,29,39H,3-4,18,20H2,1-2H3/b16-12+. The topological polar surface area (TPSA) is 102 Å². The lowest BCUT2D eigenvalue weighted by atomic mass is 9.95. The Morgan fingerprint density at radius 3 is 2.55 bits per heavy atom. The number of anilines is 1. The van der Waals surface area contributed by atoms with Crippen molar-refractivity contribution in [1.29, 1.82) is 0 Å². The fourth-order valence-corrected chi connectivity index (χ4v) is 6.52. The molecule has 0 spiro atoms. The molecule has 44 heavy (non-hydrogen) atoms. The molecule has 1 unspecified atom stereocenters. The van der Waals surface area contributed by atoms with Crippen LogP contribution in [0.1, 0.15) is 43.0 Å². The molecule has 0 saturated carbocycles. The van der Waals surface area contributed by atoms with Crippen molar-refractivity contribution in [2.24, 2.45) is 0 Å². The van der Waals surface area contributed by atoms with Gasteiger partial charge in [-0.15, -0.1) is 10.2 Å². The first-order valence-electron chi connectivity index (χ1n) is 14.0. The number of halogens is 1. The average Bonchev–Trinajstić information content (AvgIpc) is 3.61. The van der Waals surface area contributed by atoms with Crippen LogP contribution in [-0.2, 0) is 15.3 Å². The first-order chi connectivity index (χ1) is 21.4. The van der Waals surface area contributed by atoms with Crippen LogP contribution in [0.4, 0.5) is 5.13 Å². The van der Waals surface area contributed by atoms with E-state index in [-0.39, 0.29) is 10.7 Å². The molecule has 1 amide bonds. The fourth-order valence-electron chi connectivity index (χ4n) is 4.57. The summed E-state index contributed by atoms with van der Waals surface area (Å²) in [6.07, 6.45) is 3.83.